The number of aryl methyl sites for hydroxylation is 1. The number of ether oxygens (including phenoxy) is 2. The zero-order valence-corrected chi connectivity index (χ0v) is 13.5. The van der Waals surface area contributed by atoms with E-state index in [9.17, 15) is 19.7 Å². The lowest BCUT2D eigenvalue weighted by Gasteiger charge is -2.11. The molecule has 0 unspecified atom stereocenters. The molecule has 3 rings (SSSR count). The van der Waals surface area contributed by atoms with Crippen LogP contribution >= 0.6 is 0 Å². The molecular formula is C17H14N2O6. The molecule has 0 bridgehead atoms. The maximum absolute atomic E-state index is 12.5. The second-order valence-corrected chi connectivity index (χ2v) is 5.52. The Bertz CT molecular complexity index is 906. The van der Waals surface area contributed by atoms with Gasteiger partial charge in [-0.15, -0.1) is 0 Å². The van der Waals surface area contributed by atoms with E-state index in [2.05, 4.69) is 5.32 Å². The van der Waals surface area contributed by atoms with Crippen LogP contribution in [-0.2, 0) is 0 Å². The summed E-state index contributed by atoms with van der Waals surface area (Å²) in [6, 6.07) is 7.18. The molecule has 1 amide bonds. The molecule has 0 saturated heterocycles. The zero-order chi connectivity index (χ0) is 18.1. The van der Waals surface area contributed by atoms with Crippen LogP contribution in [0.1, 0.15) is 33.2 Å². The molecule has 1 aliphatic heterocycles. The third-order valence-electron chi connectivity index (χ3n) is 3.81. The predicted molar refractivity (Wildman–Crippen MR) is 88.4 cm³/mol. The van der Waals surface area contributed by atoms with Crippen LogP contribution in [0.3, 0.4) is 0 Å². The molecule has 2 aromatic carbocycles. The molecule has 0 radical (unpaired) electrons. The topological polar surface area (TPSA) is 108 Å². The summed E-state index contributed by atoms with van der Waals surface area (Å²) in [5.74, 6) is 0.0114. The van der Waals surface area contributed by atoms with Crippen molar-refractivity contribution in [3.63, 3.8) is 0 Å². The summed E-state index contributed by atoms with van der Waals surface area (Å²) >= 11 is 0. The first-order valence-electron chi connectivity index (χ1n) is 7.38. The van der Waals surface area contributed by atoms with Gasteiger partial charge in [0.25, 0.3) is 11.6 Å². The van der Waals surface area contributed by atoms with Crippen LogP contribution in [0, 0.1) is 17.0 Å². The average Bonchev–Trinajstić information content (AvgIpc) is 3.01. The molecule has 1 aliphatic rings. The van der Waals surface area contributed by atoms with Gasteiger partial charge in [-0.25, -0.2) is 0 Å². The molecule has 2 aromatic rings. The van der Waals surface area contributed by atoms with Crippen LogP contribution in [0.4, 0.5) is 11.4 Å². The third kappa shape index (κ3) is 3.14. The Morgan fingerprint density at radius 2 is 1.84 bits per heavy atom. The van der Waals surface area contributed by atoms with Crippen LogP contribution < -0.4 is 14.8 Å². The Hall–Kier alpha value is -3.42. The van der Waals surface area contributed by atoms with E-state index in [0.29, 0.717) is 17.1 Å². The van der Waals surface area contributed by atoms with Crippen molar-refractivity contribution in [2.75, 3.05) is 12.1 Å². The minimum Gasteiger partial charge on any atom is -0.454 e. The molecule has 25 heavy (non-hydrogen) atoms. The van der Waals surface area contributed by atoms with E-state index >= 15 is 0 Å². The van der Waals surface area contributed by atoms with Gasteiger partial charge in [0.2, 0.25) is 6.79 Å². The number of nitrogens with zero attached hydrogens (tertiary/aromatic N) is 1. The predicted octanol–water partition coefficient (Wildman–Crippen LogP) is 3.09. The largest absolute Gasteiger partial charge is 0.454 e. The number of ketones is 1. The number of anilines is 1. The summed E-state index contributed by atoms with van der Waals surface area (Å²) in [7, 11) is 0. The number of rotatable bonds is 4. The van der Waals surface area contributed by atoms with E-state index in [1.54, 1.807) is 6.92 Å². The van der Waals surface area contributed by atoms with Gasteiger partial charge in [0.05, 0.1) is 10.6 Å². The lowest BCUT2D eigenvalue weighted by Crippen LogP contribution is -2.14. The molecule has 128 valence electrons. The number of carbonyl (C=O) groups excluding carboxylic acids is 2. The van der Waals surface area contributed by atoms with Gasteiger partial charge < -0.3 is 14.8 Å². The summed E-state index contributed by atoms with van der Waals surface area (Å²) < 4.78 is 10.5. The molecule has 1 heterocycles. The number of hydrogen-bond acceptors (Lipinski definition) is 6. The molecule has 8 heteroatoms. The van der Waals surface area contributed by atoms with E-state index in [-0.39, 0.29) is 35.1 Å². The van der Waals surface area contributed by atoms with Gasteiger partial charge in [-0.1, -0.05) is 6.07 Å². The maximum Gasteiger partial charge on any atom is 0.273 e. The fourth-order valence-corrected chi connectivity index (χ4v) is 2.48. The first-order valence-corrected chi connectivity index (χ1v) is 7.38. The number of Topliss-reactive ketones (excluding diaryl/α,β-unsaturated/α-hetero) is 1. The molecule has 8 nitrogen and oxygen atoms in total. The van der Waals surface area contributed by atoms with Gasteiger partial charge in [-0.05, 0) is 26.0 Å². The molecule has 1 N–H and O–H groups in total. The molecule has 0 fully saturated rings. The fraction of sp³-hybridized carbons (Fsp3) is 0.176. The zero-order valence-electron chi connectivity index (χ0n) is 13.5. The highest BCUT2D eigenvalue weighted by Gasteiger charge is 2.21. The van der Waals surface area contributed by atoms with Crippen molar-refractivity contribution in [3.05, 3.63) is 57.1 Å². The Kier molecular flexibility index (Phi) is 4.10. The highest BCUT2D eigenvalue weighted by molar-refractivity contribution is 6.09. The van der Waals surface area contributed by atoms with Gasteiger partial charge in [-0.3, -0.25) is 19.7 Å². The Morgan fingerprint density at radius 1 is 1.16 bits per heavy atom. The van der Waals surface area contributed by atoms with Crippen molar-refractivity contribution in [2.45, 2.75) is 13.8 Å². The van der Waals surface area contributed by atoms with Crippen molar-refractivity contribution in [2.24, 2.45) is 0 Å². The van der Waals surface area contributed by atoms with Crippen LogP contribution in [0.15, 0.2) is 30.3 Å². The SMILES string of the molecule is CC(=O)c1cc2c(cc1NC(=O)c1ccc(C)c([N+](=O)[O-])c1)OCO2. The standard InChI is InChI=1S/C17H14N2O6/c1-9-3-4-11(5-14(9)19(22)23)17(21)18-13-7-16-15(24-8-25-16)6-12(13)10(2)20/h3-7H,8H2,1-2H3,(H,18,21). The van der Waals surface area contributed by atoms with Crippen LogP contribution in [0.2, 0.25) is 0 Å². The van der Waals surface area contributed by atoms with Crippen LogP contribution in [-0.4, -0.2) is 23.4 Å². The smallest absolute Gasteiger partial charge is 0.273 e. The first kappa shape index (κ1) is 16.4. The Labute approximate surface area is 142 Å². The molecular weight excluding hydrogens is 328 g/mol. The number of amides is 1. The van der Waals surface area contributed by atoms with Crippen LogP contribution in [0.5, 0.6) is 11.5 Å². The van der Waals surface area contributed by atoms with Gasteiger partial charge >= 0.3 is 0 Å². The van der Waals surface area contributed by atoms with E-state index in [1.807, 2.05) is 0 Å². The number of benzene rings is 2. The minimum atomic E-state index is -0.565. The molecule has 0 spiro atoms. The monoisotopic (exact) mass is 342 g/mol. The minimum absolute atomic E-state index is 0.0359. The summed E-state index contributed by atoms with van der Waals surface area (Å²) in [5, 5.41) is 13.6. The number of nitro groups is 1. The molecule has 0 atom stereocenters. The third-order valence-corrected chi connectivity index (χ3v) is 3.81. The highest BCUT2D eigenvalue weighted by atomic mass is 16.7. The number of fused-ring (bicyclic) bond motifs is 1. The molecule has 0 aliphatic carbocycles. The lowest BCUT2D eigenvalue weighted by atomic mass is 10.1. The van der Waals surface area contributed by atoms with E-state index in [1.165, 1.54) is 37.3 Å². The van der Waals surface area contributed by atoms with E-state index in [0.717, 1.165) is 0 Å². The molecule has 0 saturated carbocycles. The summed E-state index contributed by atoms with van der Waals surface area (Å²) in [6.45, 7) is 2.99. The second kappa shape index (κ2) is 6.23. The number of nitrogens with one attached hydrogen (secondary N) is 1. The summed E-state index contributed by atoms with van der Waals surface area (Å²) in [6.07, 6.45) is 0. The van der Waals surface area contributed by atoms with Crippen LogP contribution in [0.25, 0.3) is 0 Å². The van der Waals surface area contributed by atoms with Crippen molar-refractivity contribution in [1.29, 1.82) is 0 Å². The quantitative estimate of drug-likeness (QED) is 0.520. The van der Waals surface area contributed by atoms with Crippen molar-refractivity contribution in [1.82, 2.24) is 0 Å². The Balaban J connectivity index is 1.95. The normalized spacial score (nSPS) is 11.9. The number of carbonyl (C=O) groups is 2. The molecule has 0 aromatic heterocycles. The van der Waals surface area contributed by atoms with Gasteiger partial charge in [0, 0.05) is 28.8 Å². The highest BCUT2D eigenvalue weighted by Crippen LogP contribution is 2.37. The summed E-state index contributed by atoms with van der Waals surface area (Å²) in [4.78, 5) is 34.8. The van der Waals surface area contributed by atoms with E-state index in [4.69, 9.17) is 9.47 Å². The summed E-state index contributed by atoms with van der Waals surface area (Å²) in [5.41, 5.74) is 0.938. The maximum atomic E-state index is 12.5. The van der Waals surface area contributed by atoms with Gasteiger partial charge in [0.15, 0.2) is 17.3 Å². The van der Waals surface area contributed by atoms with Gasteiger partial charge in [0.1, 0.15) is 0 Å². The average molecular weight is 342 g/mol. The Morgan fingerprint density at radius 3 is 2.48 bits per heavy atom. The van der Waals surface area contributed by atoms with E-state index < -0.39 is 10.8 Å². The lowest BCUT2D eigenvalue weighted by molar-refractivity contribution is -0.385. The first-order chi connectivity index (χ1) is 11.9. The van der Waals surface area contributed by atoms with Crippen molar-refractivity contribution >= 4 is 23.1 Å². The van der Waals surface area contributed by atoms with Crippen molar-refractivity contribution in [3.8, 4) is 11.5 Å². The number of hydrogen-bond donors (Lipinski definition) is 1. The number of nitro benzene ring substituents is 1. The second-order valence-electron chi connectivity index (χ2n) is 5.52. The van der Waals surface area contributed by atoms with Crippen molar-refractivity contribution < 1.29 is 24.0 Å². The van der Waals surface area contributed by atoms with Gasteiger partial charge in [-0.2, -0.15) is 0 Å². The fourth-order valence-electron chi connectivity index (χ4n) is 2.48.